The molecule has 6 nitrogen and oxygen atoms in total. The van der Waals surface area contributed by atoms with E-state index in [0.717, 1.165) is 6.08 Å². The molecule has 0 heterocycles. The minimum atomic E-state index is -0.840. The normalized spacial score (nSPS) is 9.00. The van der Waals surface area contributed by atoms with Gasteiger partial charge < -0.3 is 20.1 Å². The van der Waals surface area contributed by atoms with Gasteiger partial charge in [-0.1, -0.05) is 22.5 Å². The summed E-state index contributed by atoms with van der Waals surface area (Å²) in [6.07, 6.45) is 1.14. The summed E-state index contributed by atoms with van der Waals surface area (Å²) >= 11 is 2.94. The van der Waals surface area contributed by atoms with Crippen LogP contribution in [0.4, 0.5) is 0 Å². The molecule has 7 heteroatoms. The Morgan fingerprint density at radius 1 is 1.33 bits per heavy atom. The van der Waals surface area contributed by atoms with Gasteiger partial charge in [-0.25, -0.2) is 4.79 Å². The molecule has 0 bridgehead atoms. The van der Waals surface area contributed by atoms with Crippen LogP contribution in [0.2, 0.25) is 0 Å². The molecule has 0 radical (unpaired) electrons. The fraction of sp³-hybridized carbons (Fsp3) is 0.636. The van der Waals surface area contributed by atoms with Crippen LogP contribution >= 0.6 is 15.9 Å². The molecule has 0 atom stereocenters. The number of esters is 1. The van der Waals surface area contributed by atoms with Gasteiger partial charge in [-0.15, -0.1) is 0 Å². The van der Waals surface area contributed by atoms with Crippen LogP contribution in [0, 0.1) is 0 Å². The predicted octanol–water partition coefficient (Wildman–Crippen LogP) is 0.951. The number of aliphatic carboxylic acids is 1. The summed E-state index contributed by atoms with van der Waals surface area (Å²) in [5, 5.41) is 23.5. The fourth-order valence-corrected chi connectivity index (χ4v) is 0.201. The lowest BCUT2D eigenvalue weighted by molar-refractivity contribution is -0.139. The smallest absolute Gasteiger partial charge is 0.330 e. The molecular weight excluding hydrogens is 308 g/mol. The summed E-state index contributed by atoms with van der Waals surface area (Å²) in [4.78, 5) is 20.0. The zero-order valence-electron chi connectivity index (χ0n) is 10.9. The first kappa shape index (κ1) is 22.3. The van der Waals surface area contributed by atoms with E-state index in [1.54, 1.807) is 20.8 Å². The maximum absolute atomic E-state index is 10.1. The van der Waals surface area contributed by atoms with Crippen LogP contribution in [0.25, 0.3) is 0 Å². The Morgan fingerprint density at radius 2 is 1.67 bits per heavy atom. The second-order valence-electron chi connectivity index (χ2n) is 3.18. The van der Waals surface area contributed by atoms with Gasteiger partial charge in [-0.05, 0) is 20.8 Å². The third-order valence-electron chi connectivity index (χ3n) is 1.06. The quantitative estimate of drug-likeness (QED) is 0.403. The van der Waals surface area contributed by atoms with Crippen LogP contribution in [0.5, 0.6) is 0 Å². The van der Waals surface area contributed by atoms with E-state index in [0.29, 0.717) is 6.61 Å². The lowest BCUT2D eigenvalue weighted by atomic mass is 10.2. The zero-order valence-corrected chi connectivity index (χ0v) is 12.4. The first-order chi connectivity index (χ1) is 8.17. The number of rotatable bonds is 4. The van der Waals surface area contributed by atoms with Gasteiger partial charge in [0.15, 0.2) is 0 Å². The largest absolute Gasteiger partial charge is 0.480 e. The molecule has 108 valence electrons. The van der Waals surface area contributed by atoms with E-state index in [2.05, 4.69) is 27.2 Å². The Morgan fingerprint density at radius 3 is 1.72 bits per heavy atom. The van der Waals surface area contributed by atoms with Crippen LogP contribution in [-0.2, 0) is 14.3 Å². The molecule has 0 saturated heterocycles. The Labute approximate surface area is 115 Å². The van der Waals surface area contributed by atoms with E-state index in [1.807, 2.05) is 0 Å². The predicted molar refractivity (Wildman–Crippen MR) is 71.6 cm³/mol. The molecular formula is C11H21BrO6. The lowest BCUT2D eigenvalue weighted by Crippen LogP contribution is -2.22. The molecule has 0 aliphatic rings. The highest BCUT2D eigenvalue weighted by molar-refractivity contribution is 9.10. The molecule has 0 aromatic rings. The number of hydrogen-bond donors (Lipinski definition) is 3. The van der Waals surface area contributed by atoms with E-state index in [-0.39, 0.29) is 19.2 Å². The average molecular weight is 329 g/mol. The minimum Gasteiger partial charge on any atom is -0.480 e. The minimum absolute atomic E-state index is 0.125. The second kappa shape index (κ2) is 14.1. The van der Waals surface area contributed by atoms with Crippen molar-refractivity contribution in [3.63, 3.8) is 0 Å². The molecule has 0 spiro atoms. The molecule has 3 N–H and O–H groups in total. The molecule has 0 amide bonds. The molecule has 0 aromatic heterocycles. The molecule has 0 rings (SSSR count). The number of carboxylic acid groups (broad SMARTS) is 1. The number of aliphatic hydroxyl groups excluding tert-OH is 2. The van der Waals surface area contributed by atoms with Gasteiger partial charge in [0.1, 0.15) is 4.32 Å². The van der Waals surface area contributed by atoms with Gasteiger partial charge in [0, 0.05) is 6.08 Å². The lowest BCUT2D eigenvalue weighted by Gasteiger charge is -2.06. The number of halogens is 1. The van der Waals surface area contributed by atoms with Crippen LogP contribution in [0.1, 0.15) is 20.8 Å². The Kier molecular flexibility index (Phi) is 17.5. The number of hydrogen-bond acceptors (Lipinski definition) is 5. The Balaban J connectivity index is -0.000000196. The van der Waals surface area contributed by atoms with Crippen molar-refractivity contribution in [2.75, 3.05) is 19.8 Å². The van der Waals surface area contributed by atoms with Gasteiger partial charge in [-0.2, -0.15) is 0 Å². The SMILES string of the molecule is C=CC(=O)OCC.CC(C)(Br)C(=O)O.OCCO. The summed E-state index contributed by atoms with van der Waals surface area (Å²) in [5.41, 5.74) is 0. The molecule has 0 aromatic carbocycles. The van der Waals surface area contributed by atoms with Crippen molar-refractivity contribution in [2.45, 2.75) is 25.1 Å². The molecule has 0 aliphatic carbocycles. The van der Waals surface area contributed by atoms with E-state index >= 15 is 0 Å². The van der Waals surface area contributed by atoms with Crippen LogP contribution in [0.15, 0.2) is 12.7 Å². The second-order valence-corrected chi connectivity index (χ2v) is 5.16. The van der Waals surface area contributed by atoms with Gasteiger partial charge >= 0.3 is 11.9 Å². The number of ether oxygens (including phenoxy) is 1. The number of carbonyl (C=O) groups is 2. The maximum Gasteiger partial charge on any atom is 0.330 e. The highest BCUT2D eigenvalue weighted by Gasteiger charge is 2.21. The van der Waals surface area contributed by atoms with Crippen molar-refractivity contribution in [1.82, 2.24) is 0 Å². The molecule has 0 fully saturated rings. The topological polar surface area (TPSA) is 104 Å². The summed E-state index contributed by atoms with van der Waals surface area (Å²) in [6, 6.07) is 0. The van der Waals surface area contributed by atoms with Crippen molar-refractivity contribution in [2.24, 2.45) is 0 Å². The van der Waals surface area contributed by atoms with Crippen molar-refractivity contribution in [3.8, 4) is 0 Å². The van der Waals surface area contributed by atoms with Crippen molar-refractivity contribution in [1.29, 1.82) is 0 Å². The maximum atomic E-state index is 10.1. The highest BCUT2D eigenvalue weighted by Crippen LogP contribution is 2.14. The third kappa shape index (κ3) is 24.4. The summed E-state index contributed by atoms with van der Waals surface area (Å²) < 4.78 is 3.66. The Bertz CT molecular complexity index is 232. The van der Waals surface area contributed by atoms with Crippen LogP contribution in [0.3, 0.4) is 0 Å². The molecule has 0 saturated carbocycles. The van der Waals surface area contributed by atoms with Gasteiger partial charge in [0.2, 0.25) is 0 Å². The summed E-state index contributed by atoms with van der Waals surface area (Å²) in [5.74, 6) is -1.20. The van der Waals surface area contributed by atoms with E-state index in [9.17, 15) is 9.59 Å². The van der Waals surface area contributed by atoms with Crippen molar-refractivity contribution >= 4 is 27.9 Å². The van der Waals surface area contributed by atoms with E-state index in [1.165, 1.54) is 0 Å². The van der Waals surface area contributed by atoms with Gasteiger partial charge in [-0.3, -0.25) is 4.79 Å². The molecule has 0 unspecified atom stereocenters. The summed E-state index contributed by atoms with van der Waals surface area (Å²) in [7, 11) is 0. The standard InChI is InChI=1S/C5H8O2.C4H7BrO2.C2H6O2/c1-3-5(6)7-4-2;1-4(2,5)3(6)7;3-1-2-4/h3H,1,4H2,2H3;1-2H3,(H,6,7);3-4H,1-2H2. The highest BCUT2D eigenvalue weighted by atomic mass is 79.9. The van der Waals surface area contributed by atoms with E-state index < -0.39 is 10.3 Å². The first-order valence-electron chi connectivity index (χ1n) is 5.10. The number of alkyl halides is 1. The zero-order chi connectivity index (χ0) is 15.2. The molecule has 0 aliphatic heterocycles. The average Bonchev–Trinajstić information content (AvgIpc) is 2.29. The van der Waals surface area contributed by atoms with Gasteiger partial charge in [0.05, 0.1) is 19.8 Å². The number of aliphatic hydroxyl groups is 2. The fourth-order valence-electron chi connectivity index (χ4n) is 0.201. The molecule has 18 heavy (non-hydrogen) atoms. The van der Waals surface area contributed by atoms with Crippen molar-refractivity contribution in [3.05, 3.63) is 12.7 Å². The Hall–Kier alpha value is -0.920. The van der Waals surface area contributed by atoms with Crippen molar-refractivity contribution < 1.29 is 29.6 Å². The van der Waals surface area contributed by atoms with Crippen LogP contribution < -0.4 is 0 Å². The van der Waals surface area contributed by atoms with E-state index in [4.69, 9.17) is 15.3 Å². The van der Waals surface area contributed by atoms with Gasteiger partial charge in [0.25, 0.3) is 0 Å². The van der Waals surface area contributed by atoms with Crippen LogP contribution in [-0.4, -0.2) is 51.4 Å². The summed E-state index contributed by atoms with van der Waals surface area (Å²) in [6.45, 7) is 8.28. The monoisotopic (exact) mass is 328 g/mol. The number of carboxylic acids is 1. The third-order valence-corrected chi connectivity index (χ3v) is 1.40. The number of carbonyl (C=O) groups excluding carboxylic acids is 1. The first-order valence-corrected chi connectivity index (χ1v) is 5.89.